The first-order valence-electron chi connectivity index (χ1n) is 16.8. The van der Waals surface area contributed by atoms with E-state index in [1.54, 1.807) is 30.3 Å². The van der Waals surface area contributed by atoms with Crippen molar-refractivity contribution in [1.29, 1.82) is 0 Å². The van der Waals surface area contributed by atoms with E-state index in [9.17, 15) is 29.3 Å². The number of amides is 4. The highest BCUT2D eigenvalue weighted by Crippen LogP contribution is 2.31. The van der Waals surface area contributed by atoms with Crippen LogP contribution in [-0.4, -0.2) is 93.1 Å². The second-order valence-electron chi connectivity index (χ2n) is 13.2. The minimum absolute atomic E-state index is 0.0721. The molecule has 51 heavy (non-hydrogen) atoms. The molecule has 3 fully saturated rings. The van der Waals surface area contributed by atoms with Crippen molar-refractivity contribution in [3.8, 4) is 11.8 Å². The lowest BCUT2D eigenvalue weighted by Crippen LogP contribution is -2.65. The van der Waals surface area contributed by atoms with Crippen LogP contribution < -0.4 is 15.5 Å². The number of carbonyl (C=O) groups excluding carboxylic acids is 4. The van der Waals surface area contributed by atoms with Gasteiger partial charge in [-0.15, -0.1) is 0 Å². The van der Waals surface area contributed by atoms with Crippen molar-refractivity contribution in [2.75, 3.05) is 42.9 Å². The van der Waals surface area contributed by atoms with Crippen LogP contribution in [0.4, 0.5) is 17.5 Å². The Balaban J connectivity index is 0.856. The number of nitro benzene ring substituents is 1. The lowest BCUT2D eigenvalue weighted by molar-refractivity contribution is -0.384. The smallest absolute Gasteiger partial charge is 0.269 e. The largest absolute Gasteiger partial charge is 0.369 e. The summed E-state index contributed by atoms with van der Waals surface area (Å²) in [6, 6.07) is 18.7. The van der Waals surface area contributed by atoms with E-state index in [1.165, 1.54) is 12.1 Å². The summed E-state index contributed by atoms with van der Waals surface area (Å²) >= 11 is 0. The third-order valence-electron chi connectivity index (χ3n) is 9.88. The van der Waals surface area contributed by atoms with Gasteiger partial charge in [0.05, 0.1) is 21.6 Å². The van der Waals surface area contributed by atoms with E-state index in [1.807, 2.05) is 24.3 Å². The Kier molecular flexibility index (Phi) is 8.12. The number of hydrogen-bond donors (Lipinski definition) is 2. The topological polar surface area (TPSA) is 171 Å². The number of nitrogens with one attached hydrogen (secondary N) is 2. The van der Waals surface area contributed by atoms with Gasteiger partial charge in [0.15, 0.2) is 0 Å². The number of aromatic nitrogens is 2. The summed E-state index contributed by atoms with van der Waals surface area (Å²) in [5.41, 5.74) is 3.00. The number of rotatable bonds is 8. The van der Waals surface area contributed by atoms with E-state index in [0.29, 0.717) is 30.5 Å². The third kappa shape index (κ3) is 6.12. The maximum absolute atomic E-state index is 13.1. The van der Waals surface area contributed by atoms with Crippen LogP contribution in [0, 0.1) is 27.9 Å². The maximum Gasteiger partial charge on any atom is 0.269 e. The highest BCUT2D eigenvalue weighted by molar-refractivity contribution is 6.23. The molecule has 14 nitrogen and oxygen atoms in total. The molecule has 3 aromatic carbocycles. The Labute approximate surface area is 292 Å². The van der Waals surface area contributed by atoms with Crippen LogP contribution in [0.25, 0.3) is 10.9 Å². The van der Waals surface area contributed by atoms with Gasteiger partial charge in [0.1, 0.15) is 11.9 Å². The predicted octanol–water partition coefficient (Wildman–Crippen LogP) is 2.77. The number of non-ortho nitro benzene ring substituents is 1. The number of fused-ring (bicyclic) bond motifs is 2. The van der Waals surface area contributed by atoms with Gasteiger partial charge in [-0.1, -0.05) is 36.1 Å². The zero-order chi connectivity index (χ0) is 35.2. The molecule has 2 N–H and O–H groups in total. The van der Waals surface area contributed by atoms with Crippen molar-refractivity contribution >= 4 is 52.0 Å². The molecule has 8 rings (SSSR count). The van der Waals surface area contributed by atoms with Crippen molar-refractivity contribution in [3.05, 3.63) is 99.1 Å². The summed E-state index contributed by atoms with van der Waals surface area (Å²) < 4.78 is 0. The second-order valence-corrected chi connectivity index (χ2v) is 13.2. The quantitative estimate of drug-likeness (QED) is 0.121. The van der Waals surface area contributed by atoms with Gasteiger partial charge in [-0.3, -0.25) is 44.4 Å². The van der Waals surface area contributed by atoms with E-state index in [4.69, 9.17) is 9.97 Å². The number of benzene rings is 3. The fourth-order valence-corrected chi connectivity index (χ4v) is 6.94. The molecule has 1 aromatic heterocycles. The second kappa shape index (κ2) is 12.9. The Hall–Kier alpha value is -6.20. The van der Waals surface area contributed by atoms with Crippen LogP contribution in [0.5, 0.6) is 0 Å². The Morgan fingerprint density at radius 1 is 0.922 bits per heavy atom. The Bertz CT molecular complexity index is 2180. The van der Waals surface area contributed by atoms with E-state index in [0.717, 1.165) is 53.4 Å². The summed E-state index contributed by atoms with van der Waals surface area (Å²) in [6.07, 6.45) is 0.869. The molecule has 256 valence electrons. The third-order valence-corrected chi connectivity index (χ3v) is 9.88. The molecule has 0 aliphatic carbocycles. The summed E-state index contributed by atoms with van der Waals surface area (Å²) in [7, 11) is 0. The SMILES string of the molecule is O=C1CCC(N2C(=O)c3ccc(C#CC4CN(C5CN(c6nc(NCCc7ccc([N+](=O)[O-])cc7)c7ccccc7n6)C5)C4)cc3C2=O)C(=O)N1. The van der Waals surface area contributed by atoms with E-state index in [-0.39, 0.29) is 35.6 Å². The highest BCUT2D eigenvalue weighted by Gasteiger charge is 2.45. The van der Waals surface area contributed by atoms with Crippen LogP contribution in [0.2, 0.25) is 0 Å². The van der Waals surface area contributed by atoms with Gasteiger partial charge >= 0.3 is 0 Å². The summed E-state index contributed by atoms with van der Waals surface area (Å²) in [6.45, 7) is 3.85. The Morgan fingerprint density at radius 3 is 2.45 bits per heavy atom. The lowest BCUT2D eigenvalue weighted by Gasteiger charge is -2.50. The fourth-order valence-electron chi connectivity index (χ4n) is 6.94. The molecule has 0 bridgehead atoms. The molecule has 0 radical (unpaired) electrons. The van der Waals surface area contributed by atoms with Crippen molar-refractivity contribution in [3.63, 3.8) is 0 Å². The van der Waals surface area contributed by atoms with Crippen molar-refractivity contribution in [2.45, 2.75) is 31.3 Å². The number of nitro groups is 1. The van der Waals surface area contributed by atoms with Gasteiger partial charge in [0.25, 0.3) is 17.5 Å². The van der Waals surface area contributed by atoms with Crippen LogP contribution in [0.3, 0.4) is 0 Å². The molecule has 0 saturated carbocycles. The number of imide groups is 2. The van der Waals surface area contributed by atoms with E-state index >= 15 is 0 Å². The van der Waals surface area contributed by atoms with Gasteiger partial charge in [-0.2, -0.15) is 4.98 Å². The van der Waals surface area contributed by atoms with Gasteiger partial charge < -0.3 is 10.2 Å². The average Bonchev–Trinajstić information content (AvgIpc) is 3.33. The molecule has 3 saturated heterocycles. The average molecular weight is 685 g/mol. The van der Waals surface area contributed by atoms with Gasteiger partial charge in [0.2, 0.25) is 17.8 Å². The number of hydrogen-bond acceptors (Lipinski definition) is 11. The molecule has 1 unspecified atom stereocenters. The standard InChI is InChI=1S/C37H32N8O6/c46-32-14-13-31(34(47)40-32)44-35(48)27-12-9-23(17-29(27)36(44)49)5-6-24-18-42(19-24)26-20-43(21-26)37-39-30-4-2-1-3-28(30)33(41-37)38-16-15-22-7-10-25(11-8-22)45(50)51/h1-4,7-12,17,24,26,31H,13-16,18-21H2,(H,38,39,41)(H,40,46,47). The molecule has 1 atom stereocenters. The number of nitrogens with zero attached hydrogens (tertiary/aromatic N) is 6. The zero-order valence-corrected chi connectivity index (χ0v) is 27.4. The monoisotopic (exact) mass is 684 g/mol. The first-order valence-corrected chi connectivity index (χ1v) is 16.8. The predicted molar refractivity (Wildman–Crippen MR) is 186 cm³/mol. The van der Waals surface area contributed by atoms with Crippen LogP contribution in [-0.2, 0) is 16.0 Å². The number of piperidine rings is 1. The molecular weight excluding hydrogens is 652 g/mol. The van der Waals surface area contributed by atoms with Crippen LogP contribution in [0.15, 0.2) is 66.7 Å². The van der Waals surface area contributed by atoms with Gasteiger partial charge in [0, 0.05) is 74.2 Å². The lowest BCUT2D eigenvalue weighted by atomic mass is 9.94. The first-order chi connectivity index (χ1) is 24.7. The van der Waals surface area contributed by atoms with Crippen molar-refractivity contribution in [2.24, 2.45) is 5.92 Å². The molecule has 14 heteroatoms. The molecule has 4 amide bonds. The zero-order valence-electron chi connectivity index (χ0n) is 27.4. The summed E-state index contributed by atoms with van der Waals surface area (Å²) in [4.78, 5) is 75.8. The minimum Gasteiger partial charge on any atom is -0.369 e. The molecule has 5 heterocycles. The molecule has 0 spiro atoms. The highest BCUT2D eigenvalue weighted by atomic mass is 16.6. The molecule has 4 aliphatic heterocycles. The van der Waals surface area contributed by atoms with E-state index < -0.39 is 34.6 Å². The first kappa shape index (κ1) is 32.0. The van der Waals surface area contributed by atoms with Crippen LogP contribution >= 0.6 is 0 Å². The minimum atomic E-state index is -0.999. The summed E-state index contributed by atoms with van der Waals surface area (Å²) in [5.74, 6) is 5.93. The fraction of sp³-hybridized carbons (Fsp3) is 0.297. The van der Waals surface area contributed by atoms with Crippen molar-refractivity contribution in [1.82, 2.24) is 25.1 Å². The molecular formula is C37H32N8O6. The van der Waals surface area contributed by atoms with Gasteiger partial charge in [-0.25, -0.2) is 4.98 Å². The number of para-hydroxylation sites is 1. The number of anilines is 2. The normalized spacial score (nSPS) is 19.3. The maximum atomic E-state index is 13.1. The van der Waals surface area contributed by atoms with Crippen molar-refractivity contribution < 1.29 is 24.1 Å². The van der Waals surface area contributed by atoms with Gasteiger partial charge in [-0.05, 0) is 48.7 Å². The Morgan fingerprint density at radius 2 is 1.69 bits per heavy atom. The molecule has 4 aromatic rings. The molecule has 4 aliphatic rings. The number of likely N-dealkylation sites (tertiary alicyclic amines) is 1. The van der Waals surface area contributed by atoms with E-state index in [2.05, 4.69) is 32.3 Å². The number of carbonyl (C=O) groups is 4. The van der Waals surface area contributed by atoms with Crippen LogP contribution in [0.1, 0.15) is 44.7 Å². The summed E-state index contributed by atoms with van der Waals surface area (Å²) in [5, 5.41) is 17.5.